The van der Waals surface area contributed by atoms with E-state index in [1.165, 1.54) is 0 Å². The fourth-order valence-electron chi connectivity index (χ4n) is 4.81. The number of rotatable bonds is 6. The van der Waals surface area contributed by atoms with Crippen molar-refractivity contribution in [3.05, 3.63) is 134 Å². The van der Waals surface area contributed by atoms with E-state index in [1.807, 2.05) is 18.2 Å². The van der Waals surface area contributed by atoms with Crippen molar-refractivity contribution in [1.29, 1.82) is 0 Å². The minimum Gasteiger partial charge on any atom is -0.741 e. The predicted molar refractivity (Wildman–Crippen MR) is 155 cm³/mol. The number of hydrogen-bond acceptors (Lipinski definition) is 6. The van der Waals surface area contributed by atoms with Crippen LogP contribution >= 0.6 is 0 Å². The normalized spacial score (nSPS) is 13.7. The molecule has 5 rings (SSSR count). The van der Waals surface area contributed by atoms with E-state index in [1.54, 1.807) is 119 Å². The fraction of sp³-hybridized carbons (Fsp3) is 0.0690. The van der Waals surface area contributed by atoms with Crippen LogP contribution in [0.3, 0.4) is 0 Å². The summed E-state index contributed by atoms with van der Waals surface area (Å²) >= 11 is -6.05. The Morgan fingerprint density at radius 2 is 0.911 bits per heavy atom. The smallest absolute Gasteiger partial charge is 0.485 e. The van der Waals surface area contributed by atoms with Gasteiger partial charge in [0.15, 0.2) is 10.1 Å². The molecular formula is C29H22AsF6NO6S2. The van der Waals surface area contributed by atoms with E-state index in [9.17, 15) is 34.8 Å². The Bertz CT molecular complexity index is 1910. The summed E-state index contributed by atoms with van der Waals surface area (Å²) < 4.78 is 137. The molecule has 0 amide bonds. The van der Waals surface area contributed by atoms with E-state index in [-0.39, 0.29) is 0 Å². The fourth-order valence-corrected chi connectivity index (χ4v) is 20.6. The van der Waals surface area contributed by atoms with Crippen LogP contribution < -0.4 is 16.5 Å². The van der Waals surface area contributed by atoms with Gasteiger partial charge in [0, 0.05) is 0 Å². The van der Waals surface area contributed by atoms with E-state index >= 15 is 0 Å². The molecule has 238 valence electrons. The monoisotopic (exact) mass is 733 g/mol. The molecule has 0 spiro atoms. The van der Waals surface area contributed by atoms with Crippen LogP contribution in [0.2, 0.25) is 0 Å². The molecule has 45 heavy (non-hydrogen) atoms. The van der Waals surface area contributed by atoms with Crippen LogP contribution in [-0.4, -0.2) is 45.4 Å². The summed E-state index contributed by atoms with van der Waals surface area (Å²) in [6.45, 7) is 0. The summed E-state index contributed by atoms with van der Waals surface area (Å²) in [6, 6.07) is 35.8. The van der Waals surface area contributed by atoms with Gasteiger partial charge in [0.25, 0.3) is 0 Å². The molecule has 1 heterocycles. The summed E-state index contributed by atoms with van der Waals surface area (Å²) in [4.78, 5) is 0. The second-order valence-corrected chi connectivity index (χ2v) is 21.4. The topological polar surface area (TPSA) is 104 Å². The van der Waals surface area contributed by atoms with Crippen molar-refractivity contribution < 1.29 is 54.4 Å². The van der Waals surface area contributed by atoms with Crippen molar-refractivity contribution >= 4 is 57.2 Å². The van der Waals surface area contributed by atoms with Gasteiger partial charge in [-0.3, -0.25) is 0 Å². The number of fused-ring (bicyclic) bond motifs is 1. The van der Waals surface area contributed by atoms with Gasteiger partial charge >= 0.3 is 220 Å². The second kappa shape index (κ2) is 12.2. The molecule has 0 N–H and O–H groups in total. The first-order valence-corrected chi connectivity index (χ1v) is 19.8. The third kappa shape index (κ3) is 6.10. The number of halogens is 6. The molecule has 1 aromatic heterocycles. The van der Waals surface area contributed by atoms with Crippen molar-refractivity contribution in [2.75, 3.05) is 0 Å². The molecule has 16 heteroatoms. The molecule has 0 saturated heterocycles. The maximum atomic E-state index is 14.2. The Morgan fingerprint density at radius 3 is 1.29 bits per heavy atom. The Balaban J connectivity index is 0.000000510. The number of para-hydroxylation sites is 1. The van der Waals surface area contributed by atoms with Crippen LogP contribution in [0.1, 0.15) is 0 Å². The van der Waals surface area contributed by atoms with E-state index < -0.39 is 44.3 Å². The van der Waals surface area contributed by atoms with Gasteiger partial charge in [-0.05, 0) is 0 Å². The van der Waals surface area contributed by atoms with Crippen molar-refractivity contribution in [2.45, 2.75) is 11.0 Å². The van der Waals surface area contributed by atoms with Crippen molar-refractivity contribution in [2.24, 2.45) is 0 Å². The quantitative estimate of drug-likeness (QED) is 0.113. The molecule has 0 aliphatic rings. The van der Waals surface area contributed by atoms with Gasteiger partial charge in [-0.2, -0.15) is 13.2 Å². The first-order chi connectivity index (χ1) is 21.0. The van der Waals surface area contributed by atoms with E-state index in [4.69, 9.17) is 16.1 Å². The molecule has 0 bridgehead atoms. The zero-order valence-corrected chi connectivity index (χ0v) is 26.1. The van der Waals surface area contributed by atoms with Gasteiger partial charge in [0.2, 0.25) is 0 Å². The van der Waals surface area contributed by atoms with Gasteiger partial charge in [-0.1, -0.05) is 0 Å². The Labute approximate surface area is 255 Å². The van der Waals surface area contributed by atoms with Gasteiger partial charge in [0.05, 0.1) is 0 Å². The summed E-state index contributed by atoms with van der Waals surface area (Å²) in [7, 11) is -12.2. The molecule has 0 atom stereocenters. The Morgan fingerprint density at radius 1 is 0.556 bits per heavy atom. The van der Waals surface area contributed by atoms with E-state index in [0.717, 1.165) is 0 Å². The molecule has 0 aliphatic heterocycles. The van der Waals surface area contributed by atoms with Gasteiger partial charge in [0.1, 0.15) is 0 Å². The van der Waals surface area contributed by atoms with Crippen molar-refractivity contribution in [1.82, 2.24) is 0 Å². The van der Waals surface area contributed by atoms with E-state index in [0.29, 0.717) is 24.0 Å². The minimum atomic E-state index is -6.12. The van der Waals surface area contributed by atoms with Gasteiger partial charge in [-0.25, -0.2) is 8.42 Å². The predicted octanol–water partition coefficient (Wildman–Crippen LogP) is 4.01. The zero-order chi connectivity index (χ0) is 33.2. The number of pyridine rings is 1. The first-order valence-electron chi connectivity index (χ1n) is 12.6. The SMILES string of the molecule is O=S(=O)(O[As](c1ccccc1)(c1ccccc1)(c1ccccc1)[n+]1cccc2ccccc21)C(F)(F)F.O=S(=O)([O-])C(F)(F)F. The number of nitrogens with zero attached hydrogens (tertiary/aromatic N) is 1. The summed E-state index contributed by atoms with van der Waals surface area (Å²) in [5, 5.41) is 0.716. The molecule has 0 aliphatic carbocycles. The molecule has 0 unspecified atom stereocenters. The minimum absolute atomic E-state index is 0.340. The Hall–Kier alpha value is -3.75. The number of hydrogen-bond donors (Lipinski definition) is 0. The molecule has 4 aromatic carbocycles. The maximum Gasteiger partial charge on any atom is 0.485 e. The van der Waals surface area contributed by atoms with Crippen LogP contribution in [-0.2, 0) is 23.4 Å². The summed E-state index contributed by atoms with van der Waals surface area (Å²) in [5.74, 6) is 0. The molecule has 0 radical (unpaired) electrons. The summed E-state index contributed by atoms with van der Waals surface area (Å²) in [6.07, 6.45) is 1.62. The maximum absolute atomic E-state index is 14.2. The van der Waals surface area contributed by atoms with Crippen molar-refractivity contribution in [3.8, 4) is 0 Å². The third-order valence-corrected chi connectivity index (χ3v) is 21.7. The zero-order valence-electron chi connectivity index (χ0n) is 22.6. The second-order valence-electron chi connectivity index (χ2n) is 9.28. The molecule has 5 aromatic rings. The first kappa shape index (κ1) is 34.1. The third-order valence-electron chi connectivity index (χ3n) is 6.61. The van der Waals surface area contributed by atoms with Crippen LogP contribution in [0.5, 0.6) is 0 Å². The van der Waals surface area contributed by atoms with Crippen LogP contribution in [0, 0.1) is 0 Å². The van der Waals surface area contributed by atoms with Crippen LogP contribution in [0.15, 0.2) is 134 Å². The molecule has 7 nitrogen and oxygen atoms in total. The van der Waals surface area contributed by atoms with Crippen LogP contribution in [0.25, 0.3) is 10.9 Å². The average Bonchev–Trinajstić information content (AvgIpc) is 3.00. The number of benzene rings is 4. The Kier molecular flexibility index (Phi) is 9.26. The summed E-state index contributed by atoms with van der Waals surface area (Å²) in [5.41, 5.74) is -10.8. The molecule has 0 saturated carbocycles. The number of alkyl halides is 6. The van der Waals surface area contributed by atoms with E-state index in [2.05, 4.69) is 0 Å². The van der Waals surface area contributed by atoms with Gasteiger partial charge < -0.3 is 4.55 Å². The average molecular weight is 734 g/mol. The standard InChI is InChI=1S/C28H22AsF3NO3S.CHF3O3S/c30-28(31,32)37(34,35)36-29(24-15-4-1-5-16-24,25-17-6-2-7-18-25,26-19-8-3-9-20-26)33-22-12-14-23-13-10-11-21-27(23)33;2-1(3,4)8(5,6)7/h1-22H;(H,5,6,7)/q+1;/p-1. The molecule has 0 fully saturated rings. The van der Waals surface area contributed by atoms with Gasteiger partial charge in [-0.15, -0.1) is 0 Å². The van der Waals surface area contributed by atoms with Crippen LogP contribution in [0.4, 0.5) is 26.3 Å². The molecular weight excluding hydrogens is 711 g/mol. The van der Waals surface area contributed by atoms with Crippen molar-refractivity contribution in [3.63, 3.8) is 0 Å². The largest absolute Gasteiger partial charge is 0.741 e. The number of aromatic nitrogens is 1.